The largest absolute Gasteiger partial charge is 0.494 e. The van der Waals surface area contributed by atoms with Crippen molar-refractivity contribution in [2.45, 2.75) is 32.8 Å². The van der Waals surface area contributed by atoms with Gasteiger partial charge in [0.15, 0.2) is 0 Å². The van der Waals surface area contributed by atoms with Crippen molar-refractivity contribution in [1.29, 1.82) is 0 Å². The van der Waals surface area contributed by atoms with Crippen LogP contribution in [0.1, 0.15) is 37.3 Å². The Hall–Kier alpha value is -2.40. The minimum Gasteiger partial charge on any atom is -0.494 e. The van der Waals surface area contributed by atoms with Crippen molar-refractivity contribution in [1.82, 2.24) is 0 Å². The summed E-state index contributed by atoms with van der Waals surface area (Å²) in [5.74, 6) is -0.149. The molecule has 0 radical (unpaired) electrons. The zero-order valence-electron chi connectivity index (χ0n) is 13.9. The summed E-state index contributed by atoms with van der Waals surface area (Å²) in [4.78, 5) is 12.2. The van der Waals surface area contributed by atoms with Crippen molar-refractivity contribution < 1.29 is 19.0 Å². The van der Waals surface area contributed by atoms with Crippen LogP contribution in [0.2, 0.25) is 0 Å². The van der Waals surface area contributed by atoms with Crippen molar-refractivity contribution in [2.24, 2.45) is 0 Å². The number of carbonyl (C=O) groups excluding carboxylic acids is 1. The first kappa shape index (κ1) is 17.9. The monoisotopic (exact) mass is 331 g/mol. The summed E-state index contributed by atoms with van der Waals surface area (Å²) in [7, 11) is 0. The Kier molecular flexibility index (Phi) is 6.32. The minimum atomic E-state index is -0.304. The Labute approximate surface area is 141 Å². The Balaban J connectivity index is 2.03. The predicted molar refractivity (Wildman–Crippen MR) is 91.6 cm³/mol. The van der Waals surface area contributed by atoms with Crippen LogP contribution in [0.5, 0.6) is 5.75 Å². The smallest absolute Gasteiger partial charge is 0.224 e. The van der Waals surface area contributed by atoms with E-state index in [1.165, 1.54) is 6.07 Å². The van der Waals surface area contributed by atoms with Crippen LogP contribution in [0.4, 0.5) is 10.1 Å². The van der Waals surface area contributed by atoms with E-state index in [4.69, 9.17) is 4.74 Å². The Morgan fingerprint density at radius 1 is 1.29 bits per heavy atom. The second kappa shape index (κ2) is 8.45. The van der Waals surface area contributed by atoms with Crippen LogP contribution in [0, 0.1) is 5.82 Å². The summed E-state index contributed by atoms with van der Waals surface area (Å²) in [6.45, 7) is 4.00. The van der Waals surface area contributed by atoms with Crippen molar-refractivity contribution in [2.75, 3.05) is 11.9 Å². The van der Waals surface area contributed by atoms with Gasteiger partial charge in [0.25, 0.3) is 0 Å². The molecule has 0 aromatic heterocycles. The van der Waals surface area contributed by atoms with E-state index in [-0.39, 0.29) is 30.7 Å². The average Bonchev–Trinajstić information content (AvgIpc) is 2.56. The fourth-order valence-corrected chi connectivity index (χ4v) is 2.55. The SMILES string of the molecule is CCOc1ccc(NC(=O)CC(C)c2ccccc2F)cc1CO. The molecule has 0 spiro atoms. The molecule has 0 aliphatic carbocycles. The Bertz CT molecular complexity index is 703. The highest BCUT2D eigenvalue weighted by Gasteiger charge is 2.15. The van der Waals surface area contributed by atoms with Crippen LogP contribution in [0.15, 0.2) is 42.5 Å². The average molecular weight is 331 g/mol. The summed E-state index contributed by atoms with van der Waals surface area (Å²) in [5.41, 5.74) is 1.71. The van der Waals surface area contributed by atoms with Gasteiger partial charge in [0.1, 0.15) is 11.6 Å². The molecule has 128 valence electrons. The van der Waals surface area contributed by atoms with Crippen molar-refractivity contribution in [3.8, 4) is 5.75 Å². The fourth-order valence-electron chi connectivity index (χ4n) is 2.55. The molecule has 5 heteroatoms. The van der Waals surface area contributed by atoms with Crippen molar-refractivity contribution >= 4 is 11.6 Å². The number of nitrogens with one attached hydrogen (secondary N) is 1. The van der Waals surface area contributed by atoms with Gasteiger partial charge in [-0.25, -0.2) is 4.39 Å². The topological polar surface area (TPSA) is 58.6 Å². The van der Waals surface area contributed by atoms with E-state index < -0.39 is 0 Å². The summed E-state index contributed by atoms with van der Waals surface area (Å²) in [6, 6.07) is 11.6. The van der Waals surface area contributed by atoms with E-state index in [1.54, 1.807) is 36.4 Å². The van der Waals surface area contributed by atoms with E-state index in [0.717, 1.165) is 0 Å². The molecule has 1 atom stereocenters. The molecule has 0 aliphatic rings. The lowest BCUT2D eigenvalue weighted by molar-refractivity contribution is -0.116. The standard InChI is InChI=1S/C19H22FNO3/c1-3-24-18-9-8-15(11-14(18)12-22)21-19(23)10-13(2)16-6-4-5-7-17(16)20/h4-9,11,13,22H,3,10,12H2,1-2H3,(H,21,23). The molecule has 1 amide bonds. The number of hydrogen-bond donors (Lipinski definition) is 2. The van der Waals surface area contributed by atoms with Crippen LogP contribution in [-0.2, 0) is 11.4 Å². The summed E-state index contributed by atoms with van der Waals surface area (Å²) < 4.78 is 19.2. The summed E-state index contributed by atoms with van der Waals surface area (Å²) in [6.07, 6.45) is 0.169. The first-order valence-corrected chi connectivity index (χ1v) is 7.96. The second-order valence-electron chi connectivity index (χ2n) is 5.59. The normalized spacial score (nSPS) is 11.8. The molecular weight excluding hydrogens is 309 g/mol. The van der Waals surface area contributed by atoms with Gasteiger partial charge in [-0.1, -0.05) is 25.1 Å². The van der Waals surface area contributed by atoms with Gasteiger partial charge >= 0.3 is 0 Å². The number of amides is 1. The summed E-state index contributed by atoms with van der Waals surface area (Å²) >= 11 is 0. The first-order chi connectivity index (χ1) is 11.5. The molecule has 4 nitrogen and oxygen atoms in total. The van der Waals surface area contributed by atoms with Gasteiger partial charge < -0.3 is 15.2 Å². The third-order valence-corrected chi connectivity index (χ3v) is 3.74. The number of ether oxygens (including phenoxy) is 1. The zero-order valence-corrected chi connectivity index (χ0v) is 13.9. The number of benzene rings is 2. The van der Waals surface area contributed by atoms with Gasteiger partial charge in [0, 0.05) is 17.7 Å². The molecule has 2 rings (SSSR count). The van der Waals surface area contributed by atoms with E-state index in [9.17, 15) is 14.3 Å². The number of anilines is 1. The number of carbonyl (C=O) groups is 1. The van der Waals surface area contributed by atoms with Gasteiger partial charge in [-0.15, -0.1) is 0 Å². The molecule has 0 saturated carbocycles. The number of aliphatic hydroxyl groups is 1. The molecule has 2 N–H and O–H groups in total. The predicted octanol–water partition coefficient (Wildman–Crippen LogP) is 3.85. The third kappa shape index (κ3) is 4.55. The molecule has 1 unspecified atom stereocenters. The zero-order chi connectivity index (χ0) is 17.5. The molecule has 0 fully saturated rings. The lowest BCUT2D eigenvalue weighted by Crippen LogP contribution is -2.15. The number of rotatable bonds is 7. The number of hydrogen-bond acceptors (Lipinski definition) is 3. The molecule has 2 aromatic rings. The number of halogens is 1. The Morgan fingerprint density at radius 3 is 2.71 bits per heavy atom. The minimum absolute atomic E-state index is 0.169. The highest BCUT2D eigenvalue weighted by atomic mass is 19.1. The van der Waals surface area contributed by atoms with Gasteiger partial charge in [0.2, 0.25) is 5.91 Å². The number of aliphatic hydroxyl groups excluding tert-OH is 1. The van der Waals surface area contributed by atoms with E-state index in [0.29, 0.717) is 29.2 Å². The highest BCUT2D eigenvalue weighted by Crippen LogP contribution is 2.25. The molecule has 0 heterocycles. The van der Waals surface area contributed by atoms with E-state index in [2.05, 4.69) is 5.32 Å². The van der Waals surface area contributed by atoms with Crippen molar-refractivity contribution in [3.05, 3.63) is 59.4 Å². The third-order valence-electron chi connectivity index (χ3n) is 3.74. The second-order valence-corrected chi connectivity index (χ2v) is 5.59. The summed E-state index contributed by atoms with van der Waals surface area (Å²) in [5, 5.41) is 12.2. The maximum Gasteiger partial charge on any atom is 0.224 e. The van der Waals surface area contributed by atoms with Gasteiger partial charge in [-0.2, -0.15) is 0 Å². The molecular formula is C19H22FNO3. The maximum atomic E-state index is 13.8. The maximum absolute atomic E-state index is 13.8. The molecule has 0 bridgehead atoms. The Morgan fingerprint density at radius 2 is 2.04 bits per heavy atom. The van der Waals surface area contributed by atoms with Gasteiger partial charge in [-0.3, -0.25) is 4.79 Å². The van der Waals surface area contributed by atoms with Crippen LogP contribution in [-0.4, -0.2) is 17.6 Å². The van der Waals surface area contributed by atoms with Crippen LogP contribution < -0.4 is 10.1 Å². The van der Waals surface area contributed by atoms with Crippen LogP contribution in [0.3, 0.4) is 0 Å². The van der Waals surface area contributed by atoms with E-state index in [1.807, 2.05) is 13.8 Å². The van der Waals surface area contributed by atoms with Gasteiger partial charge in [0.05, 0.1) is 13.2 Å². The van der Waals surface area contributed by atoms with Crippen LogP contribution >= 0.6 is 0 Å². The molecule has 24 heavy (non-hydrogen) atoms. The van der Waals surface area contributed by atoms with E-state index >= 15 is 0 Å². The van der Waals surface area contributed by atoms with Crippen LogP contribution in [0.25, 0.3) is 0 Å². The lowest BCUT2D eigenvalue weighted by atomic mass is 9.97. The lowest BCUT2D eigenvalue weighted by Gasteiger charge is -2.14. The quantitative estimate of drug-likeness (QED) is 0.810. The molecule has 0 saturated heterocycles. The molecule has 0 aliphatic heterocycles. The fraction of sp³-hybridized carbons (Fsp3) is 0.316. The van der Waals surface area contributed by atoms with Crippen molar-refractivity contribution in [3.63, 3.8) is 0 Å². The first-order valence-electron chi connectivity index (χ1n) is 7.96. The highest BCUT2D eigenvalue weighted by molar-refractivity contribution is 5.91. The van der Waals surface area contributed by atoms with Gasteiger partial charge in [-0.05, 0) is 42.7 Å². The molecule has 2 aromatic carbocycles.